The smallest absolute Gasteiger partial charge is 0.350 e. The average molecular weight is 686 g/mol. The van der Waals surface area contributed by atoms with E-state index in [4.69, 9.17) is 0 Å². The molecule has 11 nitrogen and oxygen atoms in total. The molecule has 5 heterocycles. The van der Waals surface area contributed by atoms with E-state index < -0.39 is 50.4 Å². The summed E-state index contributed by atoms with van der Waals surface area (Å²) >= 11 is 0. The summed E-state index contributed by atoms with van der Waals surface area (Å²) in [5.41, 5.74) is -3.41. The Kier molecular flexibility index (Phi) is 8.35. The topological polar surface area (TPSA) is 122 Å². The van der Waals surface area contributed by atoms with E-state index in [2.05, 4.69) is 21.5 Å². The van der Waals surface area contributed by atoms with Crippen molar-refractivity contribution in [1.82, 2.24) is 29.3 Å². The highest BCUT2D eigenvalue weighted by Crippen LogP contribution is 2.40. The van der Waals surface area contributed by atoms with E-state index in [1.165, 1.54) is 12.1 Å². The molecule has 0 saturated carbocycles. The fourth-order valence-corrected chi connectivity index (χ4v) is 7.34. The zero-order valence-electron chi connectivity index (χ0n) is 26.2. The number of carbonyl (C=O) groups excluding carboxylic acids is 1. The lowest BCUT2D eigenvalue weighted by atomic mass is 9.90. The number of benzene rings is 1. The Labute approximate surface area is 273 Å². The largest absolute Gasteiger partial charge is 0.417 e. The number of carbonyl (C=O) groups is 1. The van der Waals surface area contributed by atoms with Gasteiger partial charge >= 0.3 is 11.9 Å². The number of pyridine rings is 2. The van der Waals surface area contributed by atoms with E-state index in [1.807, 2.05) is 11.9 Å². The number of likely N-dealkylation sites (N-methyl/N-ethyl adjacent to an activating group) is 1. The van der Waals surface area contributed by atoms with Gasteiger partial charge in [0.25, 0.3) is 0 Å². The molecule has 2 aliphatic heterocycles. The number of rotatable bonds is 6. The molecule has 16 heteroatoms. The third kappa shape index (κ3) is 5.83. The van der Waals surface area contributed by atoms with Crippen LogP contribution in [0.4, 0.5) is 23.4 Å². The molecular weight excluding hydrogens is 654 g/mol. The highest BCUT2D eigenvalue weighted by molar-refractivity contribution is 7.90. The van der Waals surface area contributed by atoms with Gasteiger partial charge in [-0.1, -0.05) is 18.7 Å². The summed E-state index contributed by atoms with van der Waals surface area (Å²) in [5, 5.41) is -0.0383. The van der Waals surface area contributed by atoms with Gasteiger partial charge in [-0.2, -0.15) is 18.2 Å². The van der Waals surface area contributed by atoms with Crippen LogP contribution in [0.1, 0.15) is 24.0 Å². The predicted octanol–water partition coefficient (Wildman–Crippen LogP) is 3.66. The molecule has 2 saturated heterocycles. The van der Waals surface area contributed by atoms with Crippen LogP contribution in [-0.4, -0.2) is 95.7 Å². The van der Waals surface area contributed by atoms with Gasteiger partial charge in [-0.25, -0.2) is 27.2 Å². The lowest BCUT2D eigenvalue weighted by Crippen LogP contribution is -2.54. The monoisotopic (exact) mass is 685 g/mol. The fourth-order valence-electron chi connectivity index (χ4n) is 6.45. The Morgan fingerprint density at radius 1 is 1.10 bits per heavy atom. The van der Waals surface area contributed by atoms with Gasteiger partial charge in [-0.05, 0) is 43.8 Å². The van der Waals surface area contributed by atoms with Crippen molar-refractivity contribution in [2.24, 2.45) is 0 Å². The van der Waals surface area contributed by atoms with Crippen molar-refractivity contribution in [1.29, 1.82) is 0 Å². The minimum Gasteiger partial charge on any atom is -0.350 e. The Bertz CT molecular complexity index is 2130. The molecule has 0 aliphatic carbocycles. The summed E-state index contributed by atoms with van der Waals surface area (Å²) in [7, 11) is -2.12. The van der Waals surface area contributed by atoms with Crippen molar-refractivity contribution in [2.75, 3.05) is 50.9 Å². The van der Waals surface area contributed by atoms with Crippen LogP contribution in [0.25, 0.3) is 28.0 Å². The molecule has 252 valence electrons. The van der Waals surface area contributed by atoms with E-state index in [1.54, 1.807) is 28.9 Å². The van der Waals surface area contributed by atoms with Crippen molar-refractivity contribution < 1.29 is 30.8 Å². The number of sulfone groups is 1. The molecule has 0 spiro atoms. The molecule has 0 N–H and O–H groups in total. The Morgan fingerprint density at radius 2 is 1.83 bits per heavy atom. The summed E-state index contributed by atoms with van der Waals surface area (Å²) < 4.78 is 85.7. The Balaban J connectivity index is 1.69. The van der Waals surface area contributed by atoms with E-state index >= 15 is 4.39 Å². The first kappa shape index (κ1) is 33.2. The third-order valence-corrected chi connectivity index (χ3v) is 9.85. The number of hydrogen-bond acceptors (Lipinski definition) is 9. The maximum absolute atomic E-state index is 16.1. The quantitative estimate of drug-likeness (QED) is 0.221. The molecule has 2 fully saturated rings. The maximum atomic E-state index is 16.1. The van der Waals surface area contributed by atoms with Gasteiger partial charge in [-0.15, -0.1) is 0 Å². The van der Waals surface area contributed by atoms with Crippen LogP contribution in [-0.2, 0) is 20.8 Å². The number of aromatic nitrogens is 4. The van der Waals surface area contributed by atoms with E-state index in [0.29, 0.717) is 24.7 Å². The van der Waals surface area contributed by atoms with Crippen LogP contribution >= 0.6 is 0 Å². The summed E-state index contributed by atoms with van der Waals surface area (Å²) in [6.45, 7) is 6.99. The molecule has 48 heavy (non-hydrogen) atoms. The van der Waals surface area contributed by atoms with Gasteiger partial charge < -0.3 is 14.7 Å². The van der Waals surface area contributed by atoms with Crippen molar-refractivity contribution in [3.63, 3.8) is 0 Å². The molecule has 1 aromatic carbocycles. The number of hydrogen-bond donors (Lipinski definition) is 0. The number of piperazine rings is 1. The minimum absolute atomic E-state index is 0.00796. The second kappa shape index (κ2) is 12.1. The first-order valence-electron chi connectivity index (χ1n) is 14.9. The summed E-state index contributed by atoms with van der Waals surface area (Å²) in [6, 6.07) is 5.78. The van der Waals surface area contributed by atoms with Crippen LogP contribution < -0.4 is 10.6 Å². The molecule has 1 amide bonds. The van der Waals surface area contributed by atoms with E-state index in [0.717, 1.165) is 29.3 Å². The SMILES string of the molecule is C=CC(=O)N1CCN(c2nc(=O)n(-c3c(C4CN(C)C4)cccc3S(C)(=O)=O)c3nc(-c4cnccc4C(F)(F)F)c(F)cc23)[C@@H](C)C1. The zero-order chi connectivity index (χ0) is 34.7. The van der Waals surface area contributed by atoms with Crippen molar-refractivity contribution in [3.05, 3.63) is 82.8 Å². The van der Waals surface area contributed by atoms with Gasteiger partial charge in [0.15, 0.2) is 15.5 Å². The van der Waals surface area contributed by atoms with Crippen LogP contribution in [0.5, 0.6) is 0 Å². The van der Waals surface area contributed by atoms with Gasteiger partial charge in [0, 0.05) is 68.9 Å². The third-order valence-electron chi connectivity index (χ3n) is 8.73. The fraction of sp³-hybridized carbons (Fsp3) is 0.344. The van der Waals surface area contributed by atoms with Gasteiger partial charge in [0.1, 0.15) is 17.3 Å². The van der Waals surface area contributed by atoms with Crippen LogP contribution in [0.15, 0.2) is 65.1 Å². The van der Waals surface area contributed by atoms with Gasteiger partial charge in [0.05, 0.1) is 21.5 Å². The highest BCUT2D eigenvalue weighted by atomic mass is 32.2. The number of halogens is 4. The van der Waals surface area contributed by atoms with Crippen molar-refractivity contribution in [2.45, 2.75) is 30.0 Å². The lowest BCUT2D eigenvalue weighted by Gasteiger charge is -2.40. The maximum Gasteiger partial charge on any atom is 0.417 e. The molecule has 4 aromatic rings. The number of nitrogens with zero attached hydrogens (tertiary/aromatic N) is 7. The van der Waals surface area contributed by atoms with E-state index in [-0.39, 0.29) is 58.9 Å². The summed E-state index contributed by atoms with van der Waals surface area (Å²) in [6.07, 6.45) is -0.974. The molecule has 2 aliphatic rings. The zero-order valence-corrected chi connectivity index (χ0v) is 27.0. The second-order valence-electron chi connectivity index (χ2n) is 12.1. The van der Waals surface area contributed by atoms with E-state index in [9.17, 15) is 31.2 Å². The number of para-hydroxylation sites is 1. The average Bonchev–Trinajstić information content (AvgIpc) is 3.01. The molecular formula is C32H31F4N7O4S. The first-order valence-corrected chi connectivity index (χ1v) is 16.8. The predicted molar refractivity (Wildman–Crippen MR) is 170 cm³/mol. The summed E-state index contributed by atoms with van der Waals surface area (Å²) in [5.74, 6) is -1.64. The molecule has 0 radical (unpaired) electrons. The lowest BCUT2D eigenvalue weighted by molar-refractivity contribution is -0.137. The molecule has 6 rings (SSSR count). The molecule has 0 unspecified atom stereocenters. The Morgan fingerprint density at radius 3 is 2.46 bits per heavy atom. The number of alkyl halides is 3. The molecule has 1 atom stereocenters. The Hall–Kier alpha value is -4.70. The number of fused-ring (bicyclic) bond motifs is 1. The molecule has 0 bridgehead atoms. The minimum atomic E-state index is -4.89. The normalized spacial score (nSPS) is 17.9. The van der Waals surface area contributed by atoms with Crippen LogP contribution in [0, 0.1) is 5.82 Å². The standard InChI is InChI=1S/C32H31F4N7O4S/c1-5-26(44)41-11-12-42(18(2)15-41)29-21-13-24(33)27(22-14-37-10-9-23(22)32(34,35)36)38-30(21)43(31(45)39-29)28-20(19-16-40(3)17-19)7-6-8-25(28)48(4,46)47/h5-10,13-14,18-19H,1,11-12,15-17H2,2-4H3/t18-/m0/s1. The number of anilines is 1. The number of amides is 1. The van der Waals surface area contributed by atoms with Gasteiger partial charge in [-0.3, -0.25) is 9.78 Å². The highest BCUT2D eigenvalue weighted by Gasteiger charge is 2.37. The summed E-state index contributed by atoms with van der Waals surface area (Å²) in [4.78, 5) is 44.0. The van der Waals surface area contributed by atoms with Crippen LogP contribution in [0.3, 0.4) is 0 Å². The van der Waals surface area contributed by atoms with Crippen molar-refractivity contribution >= 4 is 32.6 Å². The molecule has 3 aromatic heterocycles. The first-order chi connectivity index (χ1) is 22.6. The van der Waals surface area contributed by atoms with Gasteiger partial charge in [0.2, 0.25) is 5.91 Å². The van der Waals surface area contributed by atoms with Crippen molar-refractivity contribution in [3.8, 4) is 16.9 Å². The number of likely N-dealkylation sites (tertiary alicyclic amines) is 1. The second-order valence-corrected chi connectivity index (χ2v) is 14.1. The van der Waals surface area contributed by atoms with Crippen LogP contribution in [0.2, 0.25) is 0 Å².